The lowest BCUT2D eigenvalue weighted by atomic mass is 9.99. The van der Waals surface area contributed by atoms with Crippen LogP contribution in [0, 0.1) is 6.92 Å². The summed E-state index contributed by atoms with van der Waals surface area (Å²) in [5, 5.41) is 0. The molecule has 0 bridgehead atoms. The third-order valence-corrected chi connectivity index (χ3v) is 3.45. The first-order valence-electron chi connectivity index (χ1n) is 6.05. The molecule has 0 aliphatic carbocycles. The Morgan fingerprint density at radius 1 is 1.00 bits per heavy atom. The van der Waals surface area contributed by atoms with Crippen LogP contribution in [0.15, 0.2) is 48.5 Å². The van der Waals surface area contributed by atoms with E-state index in [0.717, 1.165) is 11.8 Å². The van der Waals surface area contributed by atoms with Crippen LogP contribution in [0.25, 0.3) is 0 Å². The van der Waals surface area contributed by atoms with Crippen LogP contribution in [0.5, 0.6) is 0 Å². The van der Waals surface area contributed by atoms with Crippen molar-refractivity contribution in [1.82, 2.24) is 0 Å². The third-order valence-electron chi connectivity index (χ3n) is 2.84. The third kappa shape index (κ3) is 3.45. The molecule has 0 unspecified atom stereocenters. The summed E-state index contributed by atoms with van der Waals surface area (Å²) >= 11 is 0. The number of carbonyl (C=O) groups excluding carboxylic acids is 1. The lowest BCUT2D eigenvalue weighted by Crippen LogP contribution is -2.10. The summed E-state index contributed by atoms with van der Waals surface area (Å²) < 4.78 is 24.6. The fraction of sp³-hybridized carbons (Fsp3) is 0.133. The molecule has 0 saturated carbocycles. The van der Waals surface area contributed by atoms with Crippen molar-refractivity contribution in [2.45, 2.75) is 6.92 Å². The summed E-state index contributed by atoms with van der Waals surface area (Å²) in [5.41, 5.74) is 2.53. The molecule has 2 rings (SSSR count). The fourth-order valence-electron chi connectivity index (χ4n) is 1.89. The second-order valence-corrected chi connectivity index (χ2v) is 6.34. The number of anilines is 1. The van der Waals surface area contributed by atoms with Gasteiger partial charge in [-0.1, -0.05) is 24.3 Å². The van der Waals surface area contributed by atoms with E-state index in [0.29, 0.717) is 16.8 Å². The molecule has 0 aromatic heterocycles. The van der Waals surface area contributed by atoms with E-state index in [1.54, 1.807) is 30.3 Å². The number of sulfonamides is 1. The second-order valence-electron chi connectivity index (χ2n) is 4.60. The van der Waals surface area contributed by atoms with Gasteiger partial charge in [-0.25, -0.2) is 8.42 Å². The highest BCUT2D eigenvalue weighted by Gasteiger charge is 2.11. The van der Waals surface area contributed by atoms with Gasteiger partial charge in [0, 0.05) is 16.8 Å². The molecule has 2 aromatic rings. The van der Waals surface area contributed by atoms with Gasteiger partial charge in [-0.2, -0.15) is 0 Å². The summed E-state index contributed by atoms with van der Waals surface area (Å²) in [5.74, 6) is -0.0750. The van der Waals surface area contributed by atoms with Crippen LogP contribution in [-0.2, 0) is 10.0 Å². The number of benzene rings is 2. The van der Waals surface area contributed by atoms with E-state index in [1.807, 2.05) is 25.1 Å². The van der Waals surface area contributed by atoms with Gasteiger partial charge in [-0.15, -0.1) is 0 Å². The Morgan fingerprint density at radius 3 is 2.15 bits per heavy atom. The van der Waals surface area contributed by atoms with Crippen LogP contribution in [0.4, 0.5) is 5.69 Å². The molecule has 0 aliphatic heterocycles. The molecule has 5 heteroatoms. The highest BCUT2D eigenvalue weighted by atomic mass is 32.2. The van der Waals surface area contributed by atoms with Gasteiger partial charge in [0.25, 0.3) is 0 Å². The summed E-state index contributed by atoms with van der Waals surface area (Å²) in [6.45, 7) is 1.88. The normalized spacial score (nSPS) is 11.1. The summed E-state index contributed by atoms with van der Waals surface area (Å²) in [4.78, 5) is 12.3. The van der Waals surface area contributed by atoms with Crippen molar-refractivity contribution >= 4 is 21.5 Å². The molecule has 104 valence electrons. The molecular weight excluding hydrogens is 274 g/mol. The summed E-state index contributed by atoms with van der Waals surface area (Å²) in [6.07, 6.45) is 1.08. The smallest absolute Gasteiger partial charge is 0.229 e. The minimum absolute atomic E-state index is 0.0750. The molecule has 1 N–H and O–H groups in total. The molecule has 0 radical (unpaired) electrons. The van der Waals surface area contributed by atoms with Crippen LogP contribution in [0.3, 0.4) is 0 Å². The van der Waals surface area contributed by atoms with Crippen molar-refractivity contribution in [2.75, 3.05) is 11.0 Å². The van der Waals surface area contributed by atoms with E-state index in [-0.39, 0.29) is 5.78 Å². The number of rotatable bonds is 4. The van der Waals surface area contributed by atoms with Crippen LogP contribution >= 0.6 is 0 Å². The molecule has 0 atom stereocenters. The summed E-state index contributed by atoms with van der Waals surface area (Å²) in [6, 6.07) is 13.7. The molecule has 2 aromatic carbocycles. The topological polar surface area (TPSA) is 63.2 Å². The number of ketones is 1. The van der Waals surface area contributed by atoms with Gasteiger partial charge in [-0.3, -0.25) is 9.52 Å². The maximum absolute atomic E-state index is 12.3. The molecule has 0 heterocycles. The number of carbonyl (C=O) groups is 1. The van der Waals surface area contributed by atoms with E-state index in [9.17, 15) is 13.2 Å². The Labute approximate surface area is 118 Å². The highest BCUT2D eigenvalue weighted by Crippen LogP contribution is 2.16. The van der Waals surface area contributed by atoms with Crippen molar-refractivity contribution in [3.8, 4) is 0 Å². The van der Waals surface area contributed by atoms with Crippen LogP contribution in [0.1, 0.15) is 21.5 Å². The monoisotopic (exact) mass is 289 g/mol. The van der Waals surface area contributed by atoms with Crippen molar-refractivity contribution in [1.29, 1.82) is 0 Å². The van der Waals surface area contributed by atoms with Crippen molar-refractivity contribution in [3.63, 3.8) is 0 Å². The minimum atomic E-state index is -3.30. The van der Waals surface area contributed by atoms with Gasteiger partial charge in [0.05, 0.1) is 6.26 Å². The van der Waals surface area contributed by atoms with Gasteiger partial charge in [-0.05, 0) is 36.8 Å². The average molecular weight is 289 g/mol. The largest absolute Gasteiger partial charge is 0.289 e. The van der Waals surface area contributed by atoms with Gasteiger partial charge in [0.2, 0.25) is 10.0 Å². The molecular formula is C15H15NO3S. The molecule has 0 saturated heterocycles. The van der Waals surface area contributed by atoms with Crippen molar-refractivity contribution in [3.05, 3.63) is 65.2 Å². The van der Waals surface area contributed by atoms with E-state index < -0.39 is 10.0 Å². The molecule has 4 nitrogen and oxygen atoms in total. The maximum atomic E-state index is 12.3. The fourth-order valence-corrected chi connectivity index (χ4v) is 2.45. The second kappa shape index (κ2) is 5.46. The molecule has 0 spiro atoms. The van der Waals surface area contributed by atoms with Crippen LogP contribution in [-0.4, -0.2) is 20.5 Å². The molecule has 20 heavy (non-hydrogen) atoms. The predicted molar refractivity (Wildman–Crippen MR) is 79.5 cm³/mol. The van der Waals surface area contributed by atoms with Gasteiger partial charge in [0.15, 0.2) is 5.78 Å². The minimum Gasteiger partial charge on any atom is -0.289 e. The summed E-state index contributed by atoms with van der Waals surface area (Å²) in [7, 11) is -3.30. The van der Waals surface area contributed by atoms with Crippen molar-refractivity contribution in [2.24, 2.45) is 0 Å². The number of nitrogens with one attached hydrogen (secondary N) is 1. The average Bonchev–Trinajstić information content (AvgIpc) is 2.37. The van der Waals surface area contributed by atoms with E-state index >= 15 is 0 Å². The first kappa shape index (κ1) is 14.3. The Hall–Kier alpha value is -2.14. The number of aryl methyl sites for hydroxylation is 1. The zero-order valence-corrected chi connectivity index (χ0v) is 12.1. The Bertz CT molecular complexity index is 734. The van der Waals surface area contributed by atoms with Gasteiger partial charge >= 0.3 is 0 Å². The zero-order chi connectivity index (χ0) is 14.8. The zero-order valence-electron chi connectivity index (χ0n) is 11.3. The van der Waals surface area contributed by atoms with E-state index in [2.05, 4.69) is 4.72 Å². The number of hydrogen-bond donors (Lipinski definition) is 1. The van der Waals surface area contributed by atoms with Crippen molar-refractivity contribution < 1.29 is 13.2 Å². The highest BCUT2D eigenvalue weighted by molar-refractivity contribution is 7.92. The lowest BCUT2D eigenvalue weighted by Gasteiger charge is -2.07. The standard InChI is InChI=1S/C15H15NO3S/c1-11-5-3-4-6-14(11)15(17)12-7-9-13(10-8-12)16-20(2,18)19/h3-10,16H,1-2H3. The van der Waals surface area contributed by atoms with Gasteiger partial charge in [0.1, 0.15) is 0 Å². The SMILES string of the molecule is Cc1ccccc1C(=O)c1ccc(NS(C)(=O)=O)cc1. The maximum Gasteiger partial charge on any atom is 0.229 e. The van der Waals surface area contributed by atoms with Crippen LogP contribution in [0.2, 0.25) is 0 Å². The molecule has 0 aliphatic rings. The predicted octanol–water partition coefficient (Wildman–Crippen LogP) is 2.60. The van der Waals surface area contributed by atoms with E-state index in [4.69, 9.17) is 0 Å². The van der Waals surface area contributed by atoms with Gasteiger partial charge < -0.3 is 0 Å². The Morgan fingerprint density at radius 2 is 1.60 bits per heavy atom. The molecule has 0 amide bonds. The quantitative estimate of drug-likeness (QED) is 0.880. The first-order chi connectivity index (χ1) is 9.37. The number of hydrogen-bond acceptors (Lipinski definition) is 3. The Kier molecular flexibility index (Phi) is 3.90. The lowest BCUT2D eigenvalue weighted by molar-refractivity contribution is 0.103. The Balaban J connectivity index is 2.27. The van der Waals surface area contributed by atoms with E-state index in [1.165, 1.54) is 0 Å². The first-order valence-corrected chi connectivity index (χ1v) is 7.94. The molecule has 0 fully saturated rings. The van der Waals surface area contributed by atoms with Crippen LogP contribution < -0.4 is 4.72 Å².